The molecule has 1 aromatic heterocycles. The smallest absolute Gasteiger partial charge is 0.353 e. The van der Waals surface area contributed by atoms with Gasteiger partial charge in [0, 0.05) is 47.7 Å². The lowest BCUT2D eigenvalue weighted by molar-refractivity contribution is -0.137. The van der Waals surface area contributed by atoms with Crippen LogP contribution in [0.1, 0.15) is 5.56 Å². The zero-order valence-electron chi connectivity index (χ0n) is 16.4. The van der Waals surface area contributed by atoms with Crippen molar-refractivity contribution in [1.29, 1.82) is 0 Å². The number of carbonyl (C=O) groups excluding carboxylic acids is 1. The van der Waals surface area contributed by atoms with Crippen LogP contribution in [0.2, 0.25) is 5.02 Å². The number of pyridine rings is 1. The maximum absolute atomic E-state index is 12.7. The molecule has 3 aromatic rings. The van der Waals surface area contributed by atoms with Gasteiger partial charge in [0.2, 0.25) is 5.91 Å². The van der Waals surface area contributed by atoms with E-state index in [1.807, 2.05) is 41.3 Å². The van der Waals surface area contributed by atoms with Crippen molar-refractivity contribution in [3.63, 3.8) is 0 Å². The normalized spacial score (nSPS) is 14.8. The average molecular weight is 466 g/mol. The summed E-state index contributed by atoms with van der Waals surface area (Å²) in [6.45, 7) is 2.04. The molecule has 162 valence electrons. The zero-order chi connectivity index (χ0) is 22.0. The van der Waals surface area contributed by atoms with Crippen LogP contribution in [-0.2, 0) is 11.0 Å². The number of benzene rings is 2. The van der Waals surface area contributed by atoms with Crippen molar-refractivity contribution in [2.24, 2.45) is 0 Å². The number of aromatic nitrogens is 1. The number of hydrogen-bond acceptors (Lipinski definition) is 4. The molecule has 0 bridgehead atoms. The number of carbonyl (C=O) groups is 1. The van der Waals surface area contributed by atoms with E-state index in [1.165, 1.54) is 17.8 Å². The van der Waals surface area contributed by atoms with E-state index in [0.717, 1.165) is 27.9 Å². The molecule has 9 heteroatoms. The van der Waals surface area contributed by atoms with E-state index in [0.29, 0.717) is 42.8 Å². The summed E-state index contributed by atoms with van der Waals surface area (Å²) in [6.07, 6.45) is -3.55. The molecule has 0 unspecified atom stereocenters. The molecule has 0 spiro atoms. The van der Waals surface area contributed by atoms with Crippen molar-refractivity contribution < 1.29 is 18.0 Å². The van der Waals surface area contributed by atoms with Crippen LogP contribution in [0.3, 0.4) is 0 Å². The molecule has 2 aromatic carbocycles. The molecule has 1 fully saturated rings. The van der Waals surface area contributed by atoms with E-state index >= 15 is 0 Å². The van der Waals surface area contributed by atoms with E-state index in [1.54, 1.807) is 4.90 Å². The number of amides is 1. The van der Waals surface area contributed by atoms with Crippen molar-refractivity contribution in [3.05, 3.63) is 65.3 Å². The number of nitrogens with zero attached hydrogens (tertiary/aromatic N) is 3. The Balaban J connectivity index is 1.34. The number of alkyl halides is 3. The third-order valence-corrected chi connectivity index (χ3v) is 6.56. The Kier molecular flexibility index (Phi) is 6.29. The average Bonchev–Trinajstić information content (AvgIpc) is 2.77. The molecule has 1 saturated heterocycles. The van der Waals surface area contributed by atoms with Crippen LogP contribution in [-0.4, -0.2) is 47.7 Å². The minimum Gasteiger partial charge on any atom is -0.353 e. The summed E-state index contributed by atoms with van der Waals surface area (Å²) < 4.78 is 38.1. The van der Waals surface area contributed by atoms with Crippen LogP contribution >= 0.6 is 23.4 Å². The third kappa shape index (κ3) is 4.91. The number of anilines is 1. The van der Waals surface area contributed by atoms with Gasteiger partial charge >= 0.3 is 6.18 Å². The van der Waals surface area contributed by atoms with E-state index in [2.05, 4.69) is 4.98 Å². The molecular formula is C22H19ClF3N3OS. The van der Waals surface area contributed by atoms with Gasteiger partial charge in [-0.15, -0.1) is 11.8 Å². The number of hydrogen-bond donors (Lipinski definition) is 0. The molecule has 0 aliphatic carbocycles. The summed E-state index contributed by atoms with van der Waals surface area (Å²) in [7, 11) is 0. The second-order valence-electron chi connectivity index (χ2n) is 7.15. The Bertz CT molecular complexity index is 1080. The molecule has 31 heavy (non-hydrogen) atoms. The van der Waals surface area contributed by atoms with Gasteiger partial charge in [-0.25, -0.2) is 4.98 Å². The number of thioether (sulfide) groups is 1. The fraction of sp³-hybridized carbons (Fsp3) is 0.273. The van der Waals surface area contributed by atoms with Gasteiger partial charge in [0.15, 0.2) is 0 Å². The van der Waals surface area contributed by atoms with Crippen molar-refractivity contribution in [2.75, 3.05) is 36.8 Å². The molecule has 0 atom stereocenters. The Labute approximate surface area is 187 Å². The molecule has 1 aliphatic rings. The van der Waals surface area contributed by atoms with Gasteiger partial charge in [0.25, 0.3) is 0 Å². The van der Waals surface area contributed by atoms with Crippen molar-refractivity contribution in [3.8, 4) is 0 Å². The molecule has 0 radical (unpaired) electrons. The Morgan fingerprint density at radius 3 is 2.39 bits per heavy atom. The first kappa shape index (κ1) is 21.8. The minimum absolute atomic E-state index is 0.0223. The van der Waals surface area contributed by atoms with Crippen molar-refractivity contribution >= 4 is 45.9 Å². The molecule has 1 amide bonds. The predicted molar refractivity (Wildman–Crippen MR) is 118 cm³/mol. The standard InChI is InChI=1S/C22H19ClF3N3OS/c23-17-5-1-3-15-4-2-6-18(21(15)17)31-14-20(30)29-11-9-28(10-12-29)19-8-7-16(13-27-19)22(24,25)26/h1-8,13H,9-12,14H2. The summed E-state index contributed by atoms with van der Waals surface area (Å²) >= 11 is 7.81. The minimum atomic E-state index is -4.40. The highest BCUT2D eigenvalue weighted by Crippen LogP contribution is 2.33. The highest BCUT2D eigenvalue weighted by Gasteiger charge is 2.31. The van der Waals surface area contributed by atoms with Gasteiger partial charge in [-0.05, 0) is 29.7 Å². The second-order valence-corrected chi connectivity index (χ2v) is 8.58. The van der Waals surface area contributed by atoms with Gasteiger partial charge in [0.1, 0.15) is 5.82 Å². The zero-order valence-corrected chi connectivity index (χ0v) is 18.0. The first-order valence-corrected chi connectivity index (χ1v) is 11.1. The lowest BCUT2D eigenvalue weighted by Gasteiger charge is -2.35. The quantitative estimate of drug-likeness (QED) is 0.487. The summed E-state index contributed by atoms with van der Waals surface area (Å²) in [4.78, 5) is 21.3. The fourth-order valence-electron chi connectivity index (χ4n) is 3.54. The summed E-state index contributed by atoms with van der Waals surface area (Å²) in [6, 6.07) is 14.0. The molecular weight excluding hydrogens is 447 g/mol. The topological polar surface area (TPSA) is 36.4 Å². The number of rotatable bonds is 4. The van der Waals surface area contributed by atoms with E-state index < -0.39 is 11.7 Å². The molecule has 2 heterocycles. The van der Waals surface area contributed by atoms with Gasteiger partial charge < -0.3 is 9.80 Å². The lowest BCUT2D eigenvalue weighted by atomic mass is 10.1. The van der Waals surface area contributed by atoms with Crippen molar-refractivity contribution in [2.45, 2.75) is 11.1 Å². The highest BCUT2D eigenvalue weighted by molar-refractivity contribution is 8.00. The summed E-state index contributed by atoms with van der Waals surface area (Å²) in [5, 5.41) is 2.64. The number of halogens is 4. The van der Waals surface area contributed by atoms with Gasteiger partial charge in [0.05, 0.1) is 11.3 Å². The third-order valence-electron chi connectivity index (χ3n) is 5.20. The first-order chi connectivity index (χ1) is 14.8. The number of piperazine rings is 1. The summed E-state index contributed by atoms with van der Waals surface area (Å²) in [5.74, 6) is 0.803. The van der Waals surface area contributed by atoms with Crippen LogP contribution < -0.4 is 4.90 Å². The van der Waals surface area contributed by atoms with Gasteiger partial charge in [-0.3, -0.25) is 4.79 Å². The maximum atomic E-state index is 12.7. The number of fused-ring (bicyclic) bond motifs is 1. The van der Waals surface area contributed by atoms with Gasteiger partial charge in [-0.2, -0.15) is 13.2 Å². The van der Waals surface area contributed by atoms with Gasteiger partial charge in [-0.1, -0.05) is 35.9 Å². The second kappa shape index (κ2) is 8.96. The molecule has 4 rings (SSSR count). The van der Waals surface area contributed by atoms with E-state index in [9.17, 15) is 18.0 Å². The van der Waals surface area contributed by atoms with Crippen LogP contribution in [0.15, 0.2) is 59.6 Å². The largest absolute Gasteiger partial charge is 0.417 e. The SMILES string of the molecule is O=C(CSc1cccc2cccc(Cl)c12)N1CCN(c2ccc(C(F)(F)F)cn2)CC1. The molecule has 4 nitrogen and oxygen atoms in total. The fourth-order valence-corrected chi connectivity index (χ4v) is 4.89. The summed E-state index contributed by atoms with van der Waals surface area (Å²) in [5.41, 5.74) is -0.768. The molecule has 1 aliphatic heterocycles. The van der Waals surface area contributed by atoms with Crippen molar-refractivity contribution in [1.82, 2.24) is 9.88 Å². The van der Waals surface area contributed by atoms with E-state index in [4.69, 9.17) is 11.6 Å². The van der Waals surface area contributed by atoms with Crippen LogP contribution in [0.4, 0.5) is 19.0 Å². The van der Waals surface area contributed by atoms with Crippen LogP contribution in [0.5, 0.6) is 0 Å². The first-order valence-electron chi connectivity index (χ1n) is 9.69. The van der Waals surface area contributed by atoms with Crippen LogP contribution in [0.25, 0.3) is 10.8 Å². The molecule has 0 N–H and O–H groups in total. The molecule has 0 saturated carbocycles. The Hall–Kier alpha value is -2.45. The predicted octanol–water partition coefficient (Wildman–Crippen LogP) is 5.35. The lowest BCUT2D eigenvalue weighted by Crippen LogP contribution is -2.49. The maximum Gasteiger partial charge on any atom is 0.417 e. The van der Waals surface area contributed by atoms with E-state index in [-0.39, 0.29) is 5.91 Å². The highest BCUT2D eigenvalue weighted by atomic mass is 35.5. The Morgan fingerprint density at radius 1 is 1.03 bits per heavy atom. The van der Waals surface area contributed by atoms with Crippen LogP contribution in [0, 0.1) is 0 Å². The monoisotopic (exact) mass is 465 g/mol. The Morgan fingerprint density at radius 2 is 1.74 bits per heavy atom.